The molecular weight excluding hydrogens is 335 g/mol. The van der Waals surface area contributed by atoms with Crippen LogP contribution in [0.5, 0.6) is 0 Å². The van der Waals surface area contributed by atoms with E-state index in [1.165, 1.54) is 6.07 Å². The van der Waals surface area contributed by atoms with Crippen LogP contribution in [0, 0.1) is 5.92 Å². The van der Waals surface area contributed by atoms with Gasteiger partial charge in [-0.05, 0) is 43.4 Å². The van der Waals surface area contributed by atoms with Gasteiger partial charge in [0.15, 0.2) is 0 Å². The van der Waals surface area contributed by atoms with Crippen molar-refractivity contribution in [1.82, 2.24) is 0 Å². The molecule has 2 rings (SSSR count). The van der Waals surface area contributed by atoms with E-state index in [-0.39, 0.29) is 17.7 Å². The number of nitrogens with one attached hydrogen (secondary N) is 1. The van der Waals surface area contributed by atoms with Crippen LogP contribution < -0.4 is 5.32 Å². The highest BCUT2D eigenvalue weighted by Crippen LogP contribution is 2.37. The average Bonchev–Trinajstić information content (AvgIpc) is 2.36. The average molecular weight is 352 g/mol. The van der Waals surface area contributed by atoms with Gasteiger partial charge in [-0.2, -0.15) is 13.2 Å². The smallest absolute Gasteiger partial charge is 0.393 e. The second kappa shape index (κ2) is 6.35. The second-order valence-electron chi connectivity index (χ2n) is 5.26. The minimum atomic E-state index is -4.38. The summed E-state index contributed by atoms with van der Waals surface area (Å²) in [6.45, 7) is 0.460. The molecule has 2 N–H and O–H groups in total. The quantitative estimate of drug-likeness (QED) is 0.844. The molecular formula is C14H17BrF3NO. The minimum Gasteiger partial charge on any atom is -0.393 e. The van der Waals surface area contributed by atoms with Gasteiger partial charge >= 0.3 is 6.18 Å². The van der Waals surface area contributed by atoms with E-state index in [4.69, 9.17) is 0 Å². The molecule has 0 spiro atoms. The SMILES string of the molecule is OC1CCCC(CNc2ccc(Br)cc2C(F)(F)F)C1. The summed E-state index contributed by atoms with van der Waals surface area (Å²) in [6.07, 6.45) is -1.37. The number of rotatable bonds is 3. The molecule has 1 saturated carbocycles. The fraction of sp³-hybridized carbons (Fsp3) is 0.571. The molecule has 0 amide bonds. The molecule has 0 aromatic heterocycles. The first-order valence-electron chi connectivity index (χ1n) is 6.65. The van der Waals surface area contributed by atoms with Crippen LogP contribution >= 0.6 is 15.9 Å². The van der Waals surface area contributed by atoms with E-state index >= 15 is 0 Å². The maximum atomic E-state index is 13.0. The van der Waals surface area contributed by atoms with Crippen molar-refractivity contribution in [2.24, 2.45) is 5.92 Å². The highest BCUT2D eigenvalue weighted by Gasteiger charge is 2.34. The van der Waals surface area contributed by atoms with E-state index in [0.717, 1.165) is 25.3 Å². The first kappa shape index (κ1) is 15.6. The molecule has 6 heteroatoms. The Labute approximate surface area is 124 Å². The summed E-state index contributed by atoms with van der Waals surface area (Å²) in [6, 6.07) is 4.11. The molecule has 1 aliphatic rings. The van der Waals surface area contributed by atoms with Crippen molar-refractivity contribution in [3.63, 3.8) is 0 Å². The van der Waals surface area contributed by atoms with Crippen molar-refractivity contribution in [3.8, 4) is 0 Å². The molecule has 0 aliphatic heterocycles. The zero-order chi connectivity index (χ0) is 14.8. The zero-order valence-corrected chi connectivity index (χ0v) is 12.5. The highest BCUT2D eigenvalue weighted by atomic mass is 79.9. The first-order valence-corrected chi connectivity index (χ1v) is 7.44. The van der Waals surface area contributed by atoms with Crippen LogP contribution in [0.4, 0.5) is 18.9 Å². The normalized spacial score (nSPS) is 23.6. The number of hydrogen-bond acceptors (Lipinski definition) is 2. The van der Waals surface area contributed by atoms with Crippen LogP contribution in [0.25, 0.3) is 0 Å². The molecule has 0 radical (unpaired) electrons. The van der Waals surface area contributed by atoms with Crippen molar-refractivity contribution in [2.75, 3.05) is 11.9 Å². The lowest BCUT2D eigenvalue weighted by molar-refractivity contribution is -0.137. The molecule has 20 heavy (non-hydrogen) atoms. The number of aliphatic hydroxyl groups is 1. The lowest BCUT2D eigenvalue weighted by Gasteiger charge is -2.27. The molecule has 0 bridgehead atoms. The van der Waals surface area contributed by atoms with E-state index in [1.807, 2.05) is 0 Å². The molecule has 1 fully saturated rings. The van der Waals surface area contributed by atoms with Crippen molar-refractivity contribution in [2.45, 2.75) is 38.0 Å². The Morgan fingerprint density at radius 3 is 2.70 bits per heavy atom. The predicted octanol–water partition coefficient (Wildman–Crippen LogP) is 4.43. The van der Waals surface area contributed by atoms with Gasteiger partial charge in [0.25, 0.3) is 0 Å². The predicted molar refractivity (Wildman–Crippen MR) is 75.6 cm³/mol. The molecule has 1 aliphatic carbocycles. The third-order valence-corrected chi connectivity index (χ3v) is 4.12. The molecule has 2 unspecified atom stereocenters. The Balaban J connectivity index is 2.05. The van der Waals surface area contributed by atoms with Crippen molar-refractivity contribution >= 4 is 21.6 Å². The van der Waals surface area contributed by atoms with Crippen LogP contribution in [-0.4, -0.2) is 17.8 Å². The van der Waals surface area contributed by atoms with Crippen LogP contribution in [0.15, 0.2) is 22.7 Å². The number of benzene rings is 1. The molecule has 0 saturated heterocycles. The van der Waals surface area contributed by atoms with E-state index in [1.54, 1.807) is 6.07 Å². The summed E-state index contributed by atoms with van der Waals surface area (Å²) >= 11 is 3.06. The van der Waals surface area contributed by atoms with E-state index < -0.39 is 11.7 Å². The largest absolute Gasteiger partial charge is 0.418 e. The van der Waals surface area contributed by atoms with Crippen LogP contribution in [0.1, 0.15) is 31.2 Å². The van der Waals surface area contributed by atoms with E-state index in [9.17, 15) is 18.3 Å². The van der Waals surface area contributed by atoms with Gasteiger partial charge in [-0.15, -0.1) is 0 Å². The topological polar surface area (TPSA) is 32.3 Å². The van der Waals surface area contributed by atoms with Crippen LogP contribution in [0.2, 0.25) is 0 Å². The van der Waals surface area contributed by atoms with Crippen LogP contribution in [-0.2, 0) is 6.18 Å². The molecule has 1 aromatic rings. The van der Waals surface area contributed by atoms with Gasteiger partial charge in [0, 0.05) is 16.7 Å². The third-order valence-electron chi connectivity index (χ3n) is 3.62. The van der Waals surface area contributed by atoms with Gasteiger partial charge in [-0.1, -0.05) is 22.4 Å². The molecule has 2 nitrogen and oxygen atoms in total. The van der Waals surface area contributed by atoms with Crippen LogP contribution in [0.3, 0.4) is 0 Å². The van der Waals surface area contributed by atoms with E-state index in [2.05, 4.69) is 21.2 Å². The summed E-state index contributed by atoms with van der Waals surface area (Å²) in [4.78, 5) is 0. The molecule has 112 valence electrons. The number of anilines is 1. The summed E-state index contributed by atoms with van der Waals surface area (Å²) in [5.41, 5.74) is -0.566. The summed E-state index contributed by atoms with van der Waals surface area (Å²) in [7, 11) is 0. The fourth-order valence-corrected chi connectivity index (χ4v) is 2.97. The molecule has 1 aromatic carbocycles. The lowest BCUT2D eigenvalue weighted by Crippen LogP contribution is -2.25. The number of alkyl halides is 3. The van der Waals surface area contributed by atoms with Gasteiger partial charge in [0.05, 0.1) is 11.7 Å². The van der Waals surface area contributed by atoms with Gasteiger partial charge in [-0.25, -0.2) is 0 Å². The van der Waals surface area contributed by atoms with Crippen molar-refractivity contribution in [1.29, 1.82) is 0 Å². The van der Waals surface area contributed by atoms with Crippen molar-refractivity contribution < 1.29 is 18.3 Å². The Hall–Kier alpha value is -0.750. The standard InChI is InChI=1S/C14H17BrF3NO/c15-10-4-5-13(12(7-10)14(16,17)18)19-8-9-2-1-3-11(20)6-9/h4-5,7,9,11,19-20H,1-3,6,8H2. The lowest BCUT2D eigenvalue weighted by atomic mass is 9.87. The third kappa shape index (κ3) is 4.12. The second-order valence-corrected chi connectivity index (χ2v) is 6.17. The monoisotopic (exact) mass is 351 g/mol. The Morgan fingerprint density at radius 2 is 2.05 bits per heavy atom. The number of aliphatic hydroxyl groups excluding tert-OH is 1. The number of hydrogen-bond donors (Lipinski definition) is 2. The fourth-order valence-electron chi connectivity index (χ4n) is 2.61. The Bertz CT molecular complexity index is 464. The summed E-state index contributed by atoms with van der Waals surface area (Å²) in [5, 5.41) is 12.5. The summed E-state index contributed by atoms with van der Waals surface area (Å²) < 4.78 is 39.3. The van der Waals surface area contributed by atoms with Gasteiger partial charge in [0.1, 0.15) is 0 Å². The maximum Gasteiger partial charge on any atom is 0.418 e. The first-order chi connectivity index (χ1) is 9.36. The zero-order valence-electron chi connectivity index (χ0n) is 10.9. The minimum absolute atomic E-state index is 0.0979. The number of halogens is 4. The Morgan fingerprint density at radius 1 is 1.30 bits per heavy atom. The van der Waals surface area contributed by atoms with Crippen molar-refractivity contribution in [3.05, 3.63) is 28.2 Å². The van der Waals surface area contributed by atoms with E-state index in [0.29, 0.717) is 17.4 Å². The summed E-state index contributed by atoms with van der Waals surface area (Å²) in [5.74, 6) is 0.225. The van der Waals surface area contributed by atoms with Gasteiger partial charge < -0.3 is 10.4 Å². The maximum absolute atomic E-state index is 13.0. The molecule has 0 heterocycles. The van der Waals surface area contributed by atoms with Gasteiger partial charge in [0.2, 0.25) is 0 Å². The Kier molecular flexibility index (Phi) is 4.96. The highest BCUT2D eigenvalue weighted by molar-refractivity contribution is 9.10. The molecule has 2 atom stereocenters. The van der Waals surface area contributed by atoms with Gasteiger partial charge in [-0.3, -0.25) is 0 Å².